The normalized spacial score (nSPS) is 21.9. The molecule has 0 bridgehead atoms. The predicted molar refractivity (Wildman–Crippen MR) is 204 cm³/mol. The number of carbonyl (C=O) groups is 2. The van der Waals surface area contributed by atoms with Gasteiger partial charge in [-0.3, -0.25) is 19.2 Å². The first-order valence-corrected chi connectivity index (χ1v) is 18.5. The Kier molecular flexibility index (Phi) is 10.2. The largest absolute Gasteiger partial charge is 0.513 e. The molecule has 7 N–H and O–H groups in total. The van der Waals surface area contributed by atoms with E-state index in [1.54, 1.807) is 11.0 Å². The Hall–Kier alpha value is -5.29. The molecule has 17 heteroatoms. The zero-order chi connectivity index (χ0) is 39.2. The number of alkyl halides is 2. The number of aliphatic imine (C=N–C) groups is 1. The molecule has 0 spiro atoms. The van der Waals surface area contributed by atoms with E-state index in [-0.39, 0.29) is 59.1 Å². The van der Waals surface area contributed by atoms with E-state index in [9.17, 15) is 28.6 Å². The SMILES string of the molecule is [B]C(O)(c1cccc(C(=O)N2CCC(F)(F)C2)n1)N1CCC(n2ncc3c2C(CC)N(C)c2c(NC(=C/C(N)=NC(=O)C4CC4)/C(N)=C\O)cccc2-3)CC1. The number of amides is 2. The summed E-state index contributed by atoms with van der Waals surface area (Å²) < 4.78 is 29.7. The zero-order valence-electron chi connectivity index (χ0n) is 30.8. The smallest absolute Gasteiger partial charge is 0.272 e. The lowest BCUT2D eigenvalue weighted by atomic mass is 9.83. The maximum atomic E-state index is 13.8. The summed E-state index contributed by atoms with van der Waals surface area (Å²) in [7, 11) is 8.50. The maximum Gasteiger partial charge on any atom is 0.272 e. The van der Waals surface area contributed by atoms with Gasteiger partial charge in [-0.15, -0.1) is 0 Å². The van der Waals surface area contributed by atoms with Crippen LogP contribution in [0.5, 0.6) is 0 Å². The van der Waals surface area contributed by atoms with Gasteiger partial charge in [-0.1, -0.05) is 25.1 Å². The number of hydrogen-bond donors (Lipinski definition) is 5. The lowest BCUT2D eigenvalue weighted by Gasteiger charge is -2.43. The Morgan fingerprint density at radius 2 is 1.84 bits per heavy atom. The number of pyridine rings is 1. The van der Waals surface area contributed by atoms with Crippen LogP contribution in [0.1, 0.15) is 79.4 Å². The van der Waals surface area contributed by atoms with Crippen molar-refractivity contribution in [1.82, 2.24) is 24.6 Å². The molecule has 1 saturated carbocycles. The van der Waals surface area contributed by atoms with E-state index in [1.165, 1.54) is 18.2 Å². The molecule has 3 fully saturated rings. The summed E-state index contributed by atoms with van der Waals surface area (Å²) in [6, 6.07) is 10.2. The first kappa shape index (κ1) is 38.0. The number of benzene rings is 1. The van der Waals surface area contributed by atoms with Gasteiger partial charge in [-0.05, 0) is 50.3 Å². The van der Waals surface area contributed by atoms with E-state index < -0.39 is 30.4 Å². The van der Waals surface area contributed by atoms with Gasteiger partial charge in [0.2, 0.25) is 0 Å². The van der Waals surface area contributed by atoms with Crippen molar-refractivity contribution < 1.29 is 28.6 Å². The van der Waals surface area contributed by atoms with Crippen molar-refractivity contribution in [3.63, 3.8) is 0 Å². The molecule has 2 radical (unpaired) electrons. The van der Waals surface area contributed by atoms with E-state index in [0.717, 1.165) is 52.9 Å². The van der Waals surface area contributed by atoms with Crippen LogP contribution >= 0.6 is 0 Å². The number of aliphatic hydroxyl groups excluding tert-OH is 1. The van der Waals surface area contributed by atoms with Gasteiger partial charge in [0.25, 0.3) is 17.7 Å². The molecular formula is C38H45BF2N10O4. The minimum absolute atomic E-state index is 0.00996. The molecule has 4 aliphatic rings. The highest BCUT2D eigenvalue weighted by molar-refractivity contribution is 6.14. The highest BCUT2D eigenvalue weighted by Gasteiger charge is 2.42. The highest BCUT2D eigenvalue weighted by atomic mass is 19.3. The van der Waals surface area contributed by atoms with Gasteiger partial charge in [0.1, 0.15) is 31.3 Å². The van der Waals surface area contributed by atoms with E-state index in [2.05, 4.69) is 31.8 Å². The van der Waals surface area contributed by atoms with Crippen molar-refractivity contribution in [2.24, 2.45) is 22.4 Å². The number of amidine groups is 1. The van der Waals surface area contributed by atoms with Gasteiger partial charge in [0.05, 0.1) is 59.0 Å². The summed E-state index contributed by atoms with van der Waals surface area (Å²) in [5.74, 6) is -3.96. The van der Waals surface area contributed by atoms with Crippen LogP contribution in [-0.4, -0.2) is 99.4 Å². The summed E-state index contributed by atoms with van der Waals surface area (Å²) in [5.41, 5.74) is 15.1. The number of aliphatic hydroxyl groups is 2. The third-order valence-electron chi connectivity index (χ3n) is 11.0. The first-order valence-electron chi connectivity index (χ1n) is 18.5. The maximum absolute atomic E-state index is 13.8. The molecule has 2 saturated heterocycles. The third-order valence-corrected chi connectivity index (χ3v) is 11.0. The molecule has 3 aliphatic heterocycles. The average molecular weight is 755 g/mol. The van der Waals surface area contributed by atoms with Crippen molar-refractivity contribution in [2.75, 3.05) is 43.4 Å². The second kappa shape index (κ2) is 14.7. The number of rotatable bonds is 10. The molecular weight excluding hydrogens is 709 g/mol. The van der Waals surface area contributed by atoms with Crippen molar-refractivity contribution in [3.05, 3.63) is 83.4 Å². The van der Waals surface area contributed by atoms with Gasteiger partial charge >= 0.3 is 0 Å². The first-order chi connectivity index (χ1) is 26.2. The zero-order valence-corrected chi connectivity index (χ0v) is 30.8. The van der Waals surface area contributed by atoms with Crippen molar-refractivity contribution in [3.8, 4) is 11.1 Å². The Labute approximate surface area is 319 Å². The minimum Gasteiger partial charge on any atom is -0.513 e. The van der Waals surface area contributed by atoms with Crippen LogP contribution in [0.4, 0.5) is 20.2 Å². The number of carbonyl (C=O) groups excluding carboxylic acids is 2. The molecule has 288 valence electrons. The van der Waals surface area contributed by atoms with Crippen molar-refractivity contribution >= 4 is 36.9 Å². The Balaban J connectivity index is 1.11. The predicted octanol–water partition coefficient (Wildman–Crippen LogP) is 3.88. The number of aromatic nitrogens is 3. The van der Waals surface area contributed by atoms with E-state index in [4.69, 9.17) is 24.4 Å². The number of nitrogens with two attached hydrogens (primary N) is 2. The fourth-order valence-electron chi connectivity index (χ4n) is 7.83. The summed E-state index contributed by atoms with van der Waals surface area (Å²) in [5, 5.41) is 29.6. The molecule has 7 rings (SSSR count). The van der Waals surface area contributed by atoms with E-state index >= 15 is 0 Å². The molecule has 5 heterocycles. The van der Waals surface area contributed by atoms with Gasteiger partial charge < -0.3 is 36.8 Å². The fourth-order valence-corrected chi connectivity index (χ4v) is 7.83. The van der Waals surface area contributed by atoms with E-state index in [0.29, 0.717) is 31.6 Å². The van der Waals surface area contributed by atoms with Crippen LogP contribution in [0, 0.1) is 5.92 Å². The number of piperidine rings is 1. The number of anilines is 2. The van der Waals surface area contributed by atoms with Crippen LogP contribution in [0.25, 0.3) is 11.1 Å². The van der Waals surface area contributed by atoms with Gasteiger partial charge in [0, 0.05) is 56.2 Å². The summed E-state index contributed by atoms with van der Waals surface area (Å²) >= 11 is 0. The number of likely N-dealkylation sites (tertiary alicyclic amines) is 2. The Morgan fingerprint density at radius 3 is 2.49 bits per heavy atom. The van der Waals surface area contributed by atoms with Crippen LogP contribution in [0.2, 0.25) is 0 Å². The third kappa shape index (κ3) is 7.42. The van der Waals surface area contributed by atoms with Crippen molar-refractivity contribution in [1.29, 1.82) is 0 Å². The second-order valence-electron chi connectivity index (χ2n) is 14.7. The summed E-state index contributed by atoms with van der Waals surface area (Å²) in [6.07, 6.45) is 7.23. The summed E-state index contributed by atoms with van der Waals surface area (Å²) in [6.45, 7) is 2.16. The van der Waals surface area contributed by atoms with Gasteiger partial charge in [0.15, 0.2) is 0 Å². The van der Waals surface area contributed by atoms with Crippen LogP contribution in [0.3, 0.4) is 0 Å². The minimum atomic E-state index is -2.94. The van der Waals surface area contributed by atoms with Crippen molar-refractivity contribution in [2.45, 2.75) is 69.1 Å². The molecule has 3 aromatic rings. The molecule has 2 aromatic heterocycles. The summed E-state index contributed by atoms with van der Waals surface area (Å²) in [4.78, 5) is 38.5. The lowest BCUT2D eigenvalue weighted by Crippen LogP contribution is -2.51. The van der Waals surface area contributed by atoms with E-state index in [1.807, 2.05) is 31.4 Å². The van der Waals surface area contributed by atoms with Crippen LogP contribution < -0.4 is 21.7 Å². The standard InChI is InChI=1S/C38H45BF2N10O4/c1-3-30-34-25(24-6-4-7-27(33(24)48(30)2)45-29(26(42)20-52)18-32(43)47-35(53)22-10-11-22)19-44-51(34)23-12-15-50(16-13-23)38(39,55)31-9-5-8-28(46-31)36(54)49-17-14-37(40,41)21-49/h4-9,18-20,22-23,30,45,52,55H,3,10-17,21,42H2,1-2H3,(H2,43,47,53)/b26-20+,29-18+. The topological polar surface area (TPSA) is 191 Å². The molecule has 2 unspecified atom stereocenters. The fraction of sp³-hybridized carbons (Fsp3) is 0.447. The molecule has 55 heavy (non-hydrogen) atoms. The lowest BCUT2D eigenvalue weighted by molar-refractivity contribution is -0.118. The Morgan fingerprint density at radius 1 is 1.11 bits per heavy atom. The van der Waals surface area contributed by atoms with Crippen LogP contribution in [-0.2, 0) is 10.4 Å². The molecule has 1 aliphatic carbocycles. The molecule has 2 atom stereocenters. The molecule has 2 amide bonds. The number of para-hydroxylation sites is 1. The number of nitrogens with one attached hydrogen (secondary N) is 1. The second-order valence-corrected chi connectivity index (χ2v) is 14.7. The average Bonchev–Trinajstić information content (AvgIpc) is 3.84. The monoisotopic (exact) mass is 754 g/mol. The number of nitrogens with zero attached hydrogens (tertiary/aromatic N) is 7. The quantitative estimate of drug-likeness (QED) is 0.0664. The number of halogens is 2. The van der Waals surface area contributed by atoms with Gasteiger partial charge in [-0.25, -0.2) is 13.8 Å². The Bertz CT molecular complexity index is 2070. The van der Waals surface area contributed by atoms with Crippen LogP contribution in [0.15, 0.2) is 71.3 Å². The molecule has 1 aromatic carbocycles. The molecule has 14 nitrogen and oxygen atoms in total. The van der Waals surface area contributed by atoms with Gasteiger partial charge in [-0.2, -0.15) is 10.1 Å². The number of fused-ring (bicyclic) bond motifs is 3. The number of hydrogen-bond acceptors (Lipinski definition) is 10. The highest BCUT2D eigenvalue weighted by Crippen LogP contribution is 2.50.